The van der Waals surface area contributed by atoms with E-state index in [0.29, 0.717) is 6.42 Å². The molecule has 0 N–H and O–H groups in total. The number of nitro groups is 1. The van der Waals surface area contributed by atoms with Gasteiger partial charge >= 0.3 is 5.50 Å². The zero-order valence-electron chi connectivity index (χ0n) is 6.30. The van der Waals surface area contributed by atoms with Crippen molar-refractivity contribution in [3.8, 4) is 0 Å². The van der Waals surface area contributed by atoms with E-state index >= 15 is 0 Å². The van der Waals surface area contributed by atoms with E-state index in [1.165, 1.54) is 0 Å². The van der Waals surface area contributed by atoms with Gasteiger partial charge in [-0.15, -0.1) is 11.6 Å². The smallest absolute Gasteiger partial charge is 0.263 e. The molecule has 3 nitrogen and oxygen atoms in total. The van der Waals surface area contributed by atoms with Crippen LogP contribution in [0, 0.1) is 10.1 Å². The Kier molecular flexibility index (Phi) is 5.60. The van der Waals surface area contributed by atoms with E-state index in [0.717, 1.165) is 12.8 Å². The molecule has 0 aliphatic heterocycles. The van der Waals surface area contributed by atoms with Gasteiger partial charge in [0, 0.05) is 4.92 Å². The van der Waals surface area contributed by atoms with E-state index in [-0.39, 0.29) is 0 Å². The highest BCUT2D eigenvalue weighted by molar-refractivity contribution is 6.29. The lowest BCUT2D eigenvalue weighted by atomic mass is 10.2. The Hall–Kier alpha value is -0.0200. The summed E-state index contributed by atoms with van der Waals surface area (Å²) >= 11 is 11.0. The number of unbranched alkanes of at least 4 members (excludes halogenated alkanes) is 1. The minimum Gasteiger partial charge on any atom is -0.263 e. The molecule has 0 aliphatic carbocycles. The van der Waals surface area contributed by atoms with Crippen LogP contribution in [0.3, 0.4) is 0 Å². The summed E-state index contributed by atoms with van der Waals surface area (Å²) in [6.07, 6.45) is 2.46. The van der Waals surface area contributed by atoms with Gasteiger partial charge in [0.05, 0.1) is 0 Å². The van der Waals surface area contributed by atoms with Crippen LogP contribution in [0.4, 0.5) is 0 Å². The highest BCUT2D eigenvalue weighted by Crippen LogP contribution is 2.16. The number of halogens is 2. The van der Waals surface area contributed by atoms with Gasteiger partial charge in [-0.05, 0) is 18.0 Å². The van der Waals surface area contributed by atoms with Gasteiger partial charge in [0.15, 0.2) is 0 Å². The van der Waals surface area contributed by atoms with E-state index in [1.54, 1.807) is 0 Å². The molecule has 0 aliphatic rings. The summed E-state index contributed by atoms with van der Waals surface area (Å²) in [5.74, 6) is 0. The van der Waals surface area contributed by atoms with Crippen LogP contribution in [-0.2, 0) is 0 Å². The first-order valence-electron chi connectivity index (χ1n) is 3.51. The number of alkyl halides is 2. The Balaban J connectivity index is 3.63. The van der Waals surface area contributed by atoms with E-state index in [9.17, 15) is 10.1 Å². The summed E-state index contributed by atoms with van der Waals surface area (Å²) < 4.78 is 0. The molecule has 0 rings (SSSR count). The predicted molar refractivity (Wildman–Crippen MR) is 45.8 cm³/mol. The fraction of sp³-hybridized carbons (Fsp3) is 1.00. The summed E-state index contributed by atoms with van der Waals surface area (Å²) in [4.78, 5) is 9.53. The van der Waals surface area contributed by atoms with Gasteiger partial charge in [0.25, 0.3) is 0 Å². The molecule has 5 heteroatoms. The minimum absolute atomic E-state index is 0.549. The molecule has 2 atom stereocenters. The lowest BCUT2D eigenvalue weighted by Gasteiger charge is -2.07. The number of hydrogen-bond donors (Lipinski definition) is 0. The Morgan fingerprint density at radius 2 is 2.09 bits per heavy atom. The molecule has 0 radical (unpaired) electrons. The molecule has 0 fully saturated rings. The van der Waals surface area contributed by atoms with Crippen molar-refractivity contribution in [1.82, 2.24) is 0 Å². The standard InChI is InChI=1S/C6H11Cl2NO2/c1-2-3-4-5(7)6(8)9(10)11/h5-6H,2-4H2,1H3. The van der Waals surface area contributed by atoms with Crippen molar-refractivity contribution in [2.75, 3.05) is 0 Å². The first kappa shape index (κ1) is 11.0. The molecule has 0 aromatic heterocycles. The second kappa shape index (κ2) is 5.61. The topological polar surface area (TPSA) is 43.1 Å². The second-order valence-electron chi connectivity index (χ2n) is 2.32. The number of hydrogen-bond acceptors (Lipinski definition) is 2. The highest BCUT2D eigenvalue weighted by Gasteiger charge is 2.25. The molecule has 0 spiro atoms. The number of nitrogens with zero attached hydrogens (tertiary/aromatic N) is 1. The molecule has 0 saturated carbocycles. The van der Waals surface area contributed by atoms with Crippen LogP contribution in [-0.4, -0.2) is 15.8 Å². The molecular formula is C6H11Cl2NO2. The van der Waals surface area contributed by atoms with Gasteiger partial charge < -0.3 is 0 Å². The maximum atomic E-state index is 10.1. The van der Waals surface area contributed by atoms with Crippen molar-refractivity contribution in [2.24, 2.45) is 0 Å². The quantitative estimate of drug-likeness (QED) is 0.296. The molecule has 0 aromatic rings. The van der Waals surface area contributed by atoms with E-state index in [2.05, 4.69) is 0 Å². The maximum Gasteiger partial charge on any atom is 0.302 e. The molecule has 0 bridgehead atoms. The third kappa shape index (κ3) is 4.43. The summed E-state index contributed by atoms with van der Waals surface area (Å²) in [6.45, 7) is 2.00. The molecule has 66 valence electrons. The first-order chi connectivity index (χ1) is 5.09. The Bertz CT molecular complexity index is 132. The average molecular weight is 200 g/mol. The predicted octanol–water partition coefficient (Wildman–Crippen LogP) is 2.63. The zero-order chi connectivity index (χ0) is 8.85. The molecule has 2 unspecified atom stereocenters. The fourth-order valence-corrected chi connectivity index (χ4v) is 1.04. The van der Waals surface area contributed by atoms with Gasteiger partial charge in [0.1, 0.15) is 5.38 Å². The van der Waals surface area contributed by atoms with Crippen LogP contribution >= 0.6 is 23.2 Å². The molecule has 11 heavy (non-hydrogen) atoms. The first-order valence-corrected chi connectivity index (χ1v) is 4.38. The highest BCUT2D eigenvalue weighted by atomic mass is 35.5. The van der Waals surface area contributed by atoms with Crippen LogP contribution in [0.15, 0.2) is 0 Å². The zero-order valence-corrected chi connectivity index (χ0v) is 7.81. The molecule has 0 heterocycles. The minimum atomic E-state index is -1.15. The number of rotatable bonds is 5. The summed E-state index contributed by atoms with van der Waals surface area (Å²) in [7, 11) is 0. The van der Waals surface area contributed by atoms with Crippen molar-refractivity contribution in [3.63, 3.8) is 0 Å². The third-order valence-corrected chi connectivity index (χ3v) is 2.38. The largest absolute Gasteiger partial charge is 0.302 e. The summed E-state index contributed by atoms with van der Waals surface area (Å²) in [5, 5.41) is 9.54. The Morgan fingerprint density at radius 1 is 1.55 bits per heavy atom. The summed E-state index contributed by atoms with van der Waals surface area (Å²) in [5.41, 5.74) is -1.15. The monoisotopic (exact) mass is 199 g/mol. The molecule has 0 amide bonds. The molecular weight excluding hydrogens is 189 g/mol. The van der Waals surface area contributed by atoms with Crippen LogP contribution in [0.2, 0.25) is 0 Å². The average Bonchev–Trinajstić information content (AvgIpc) is 1.98. The van der Waals surface area contributed by atoms with Crippen molar-refractivity contribution in [1.29, 1.82) is 0 Å². The second-order valence-corrected chi connectivity index (χ2v) is 3.32. The lowest BCUT2D eigenvalue weighted by molar-refractivity contribution is -0.498. The summed E-state index contributed by atoms with van der Waals surface area (Å²) in [6, 6.07) is 0. The molecule has 0 aromatic carbocycles. The van der Waals surface area contributed by atoms with Crippen LogP contribution in [0.5, 0.6) is 0 Å². The third-order valence-electron chi connectivity index (χ3n) is 1.33. The van der Waals surface area contributed by atoms with Crippen molar-refractivity contribution < 1.29 is 4.92 Å². The van der Waals surface area contributed by atoms with Crippen LogP contribution in [0.1, 0.15) is 26.2 Å². The Labute approximate surface area is 75.8 Å². The van der Waals surface area contributed by atoms with Gasteiger partial charge in [0.2, 0.25) is 0 Å². The van der Waals surface area contributed by atoms with Crippen molar-refractivity contribution in [2.45, 2.75) is 37.1 Å². The van der Waals surface area contributed by atoms with Crippen molar-refractivity contribution in [3.05, 3.63) is 10.1 Å². The van der Waals surface area contributed by atoms with Gasteiger partial charge in [-0.2, -0.15) is 0 Å². The van der Waals surface area contributed by atoms with E-state index in [1.807, 2.05) is 6.92 Å². The van der Waals surface area contributed by atoms with Crippen LogP contribution in [0.25, 0.3) is 0 Å². The van der Waals surface area contributed by atoms with E-state index in [4.69, 9.17) is 23.2 Å². The normalized spacial score (nSPS) is 15.9. The Morgan fingerprint density at radius 3 is 2.45 bits per heavy atom. The van der Waals surface area contributed by atoms with Gasteiger partial charge in [-0.3, -0.25) is 10.1 Å². The van der Waals surface area contributed by atoms with Crippen LogP contribution < -0.4 is 0 Å². The maximum absolute atomic E-state index is 10.1. The van der Waals surface area contributed by atoms with E-state index < -0.39 is 15.8 Å². The SMILES string of the molecule is CCCCC(Cl)C(Cl)[N+](=O)[O-]. The fourth-order valence-electron chi connectivity index (χ4n) is 0.669. The van der Waals surface area contributed by atoms with Gasteiger partial charge in [-0.1, -0.05) is 19.8 Å². The lowest BCUT2D eigenvalue weighted by Crippen LogP contribution is -2.23. The van der Waals surface area contributed by atoms with Gasteiger partial charge in [-0.25, -0.2) is 0 Å². The molecule has 0 saturated heterocycles. The van der Waals surface area contributed by atoms with Crippen molar-refractivity contribution >= 4 is 23.2 Å².